The second-order valence-electron chi connectivity index (χ2n) is 37.4. The van der Waals surface area contributed by atoms with Crippen LogP contribution >= 0.6 is 0 Å². The normalized spacial score (nSPS) is 12.0. The Balaban J connectivity index is 0.000000103. The van der Waals surface area contributed by atoms with E-state index in [4.69, 9.17) is 19.4 Å². The van der Waals surface area contributed by atoms with Crippen LogP contribution in [0.25, 0.3) is 305 Å². The van der Waals surface area contributed by atoms with Crippen molar-refractivity contribution < 1.29 is 4.42 Å². The van der Waals surface area contributed by atoms with Gasteiger partial charge < -0.3 is 4.42 Å². The van der Waals surface area contributed by atoms with Crippen molar-refractivity contribution in [3.8, 4) is 78.3 Å². The molecular weight excluding hydrogens is 1710 g/mol. The molecule has 31 rings (SSSR count). The summed E-state index contributed by atoms with van der Waals surface area (Å²) < 4.78 is 6.64. The fraction of sp³-hybridized carbons (Fsp3) is 0. The second kappa shape index (κ2) is 32.0. The van der Waals surface area contributed by atoms with E-state index in [0.717, 1.165) is 99.9 Å². The molecule has 26 aromatic carbocycles. The van der Waals surface area contributed by atoms with Gasteiger partial charge in [-0.3, -0.25) is 4.98 Å². The maximum Gasteiger partial charge on any atom is 0.143 e. The van der Waals surface area contributed by atoms with Gasteiger partial charge >= 0.3 is 0 Å². The summed E-state index contributed by atoms with van der Waals surface area (Å²) in [4.78, 5) is 20.9. The molecule has 0 fully saturated rings. The topological polar surface area (TPSA) is 64.7 Å². The van der Waals surface area contributed by atoms with Crippen molar-refractivity contribution in [3.63, 3.8) is 0 Å². The van der Waals surface area contributed by atoms with Gasteiger partial charge in [-0.2, -0.15) is 0 Å². The minimum atomic E-state index is 0.905. The molecule has 0 saturated carbocycles. The van der Waals surface area contributed by atoms with E-state index in [2.05, 4.69) is 466 Å². The number of hydrogen-bond acceptors (Lipinski definition) is 5. The lowest BCUT2D eigenvalue weighted by atomic mass is 9.84. The highest BCUT2D eigenvalue weighted by Gasteiger charge is 2.27. The molecule has 0 unspecified atom stereocenters. The third-order valence-electron chi connectivity index (χ3n) is 29.8. The third kappa shape index (κ3) is 12.5. The molecule has 31 aromatic rings. The zero-order chi connectivity index (χ0) is 92.4. The van der Waals surface area contributed by atoms with Crippen molar-refractivity contribution >= 4 is 227 Å². The number of aromatic nitrogens is 4. The molecule has 0 spiro atoms. The summed E-state index contributed by atoms with van der Waals surface area (Å²) in [6.45, 7) is 0. The van der Waals surface area contributed by atoms with Gasteiger partial charge in [0.2, 0.25) is 0 Å². The highest BCUT2D eigenvalue weighted by molar-refractivity contribution is 6.39. The highest BCUT2D eigenvalue weighted by Crippen LogP contribution is 2.53. The van der Waals surface area contributed by atoms with E-state index in [1.165, 1.54) is 205 Å². The minimum Gasteiger partial charge on any atom is -0.455 e. The quantitative estimate of drug-likeness (QED) is 0.118. The molecule has 0 aliphatic carbocycles. The van der Waals surface area contributed by atoms with Crippen LogP contribution in [0.4, 0.5) is 0 Å². The summed E-state index contributed by atoms with van der Waals surface area (Å²) in [7, 11) is 0. The Morgan fingerprint density at radius 2 is 0.511 bits per heavy atom. The van der Waals surface area contributed by atoms with Crippen molar-refractivity contribution in [1.82, 2.24) is 19.9 Å². The first-order valence-electron chi connectivity index (χ1n) is 48.4. The number of para-hydroxylation sites is 2. The van der Waals surface area contributed by atoms with E-state index in [9.17, 15) is 0 Å². The van der Waals surface area contributed by atoms with Crippen LogP contribution in [-0.2, 0) is 0 Å². The molecule has 141 heavy (non-hydrogen) atoms. The van der Waals surface area contributed by atoms with Gasteiger partial charge in [0.05, 0.1) is 33.6 Å². The number of benzene rings is 26. The molecule has 0 saturated heterocycles. The number of fused-ring (bicyclic) bond motifs is 33. The van der Waals surface area contributed by atoms with Crippen LogP contribution in [0.5, 0.6) is 0 Å². The average Bonchev–Trinajstić information content (AvgIpc) is 1.68. The van der Waals surface area contributed by atoms with Crippen LogP contribution in [0, 0.1) is 0 Å². The van der Waals surface area contributed by atoms with E-state index < -0.39 is 0 Å². The molecule has 5 aromatic heterocycles. The second-order valence-corrected chi connectivity index (χ2v) is 37.4. The molecule has 0 radical (unpaired) electrons. The lowest BCUT2D eigenvalue weighted by molar-refractivity contribution is 0.670. The van der Waals surface area contributed by atoms with Crippen molar-refractivity contribution in [2.75, 3.05) is 0 Å². The van der Waals surface area contributed by atoms with Crippen molar-refractivity contribution in [1.29, 1.82) is 0 Å². The van der Waals surface area contributed by atoms with Gasteiger partial charge in [0.1, 0.15) is 11.2 Å². The molecule has 5 heteroatoms. The summed E-state index contributed by atoms with van der Waals surface area (Å²) in [5, 5.41) is 45.5. The van der Waals surface area contributed by atoms with Gasteiger partial charge in [-0.15, -0.1) is 0 Å². The Labute approximate surface area is 809 Å². The average molecular weight is 1790 g/mol. The van der Waals surface area contributed by atoms with Crippen molar-refractivity contribution in [2.45, 2.75) is 0 Å². The molecule has 5 heterocycles. The maximum absolute atomic E-state index is 6.64. The fourth-order valence-corrected chi connectivity index (χ4v) is 23.7. The Morgan fingerprint density at radius 3 is 1.06 bits per heavy atom. The highest BCUT2D eigenvalue weighted by atomic mass is 16.3. The molecule has 0 aliphatic rings. The van der Waals surface area contributed by atoms with Crippen molar-refractivity contribution in [3.05, 3.63) is 486 Å². The summed E-state index contributed by atoms with van der Waals surface area (Å²) in [6.07, 6.45) is 3.71. The monoisotopic (exact) mass is 1780 g/mol. The molecular formula is C136H80N4O. The number of hydrogen-bond donors (Lipinski definition) is 0. The number of pyridine rings is 4. The molecule has 5 nitrogen and oxygen atoms in total. The fourth-order valence-electron chi connectivity index (χ4n) is 23.7. The molecule has 0 atom stereocenters. The Morgan fingerprint density at radius 1 is 0.156 bits per heavy atom. The maximum atomic E-state index is 6.64. The number of rotatable bonds is 7. The summed E-state index contributed by atoms with van der Waals surface area (Å²) in [5.74, 6) is 0. The summed E-state index contributed by atoms with van der Waals surface area (Å²) in [6, 6.07) is 171. The third-order valence-corrected chi connectivity index (χ3v) is 29.8. The molecule has 0 amide bonds. The summed E-state index contributed by atoms with van der Waals surface area (Å²) >= 11 is 0. The van der Waals surface area contributed by atoms with Crippen LogP contribution in [-0.4, -0.2) is 19.9 Å². The van der Waals surface area contributed by atoms with E-state index in [1.807, 2.05) is 18.3 Å². The van der Waals surface area contributed by atoms with Crippen molar-refractivity contribution in [2.24, 2.45) is 0 Å². The first-order valence-corrected chi connectivity index (χ1v) is 48.4. The zero-order valence-electron chi connectivity index (χ0n) is 76.4. The predicted molar refractivity (Wildman–Crippen MR) is 600 cm³/mol. The largest absolute Gasteiger partial charge is 0.455 e. The van der Waals surface area contributed by atoms with E-state index >= 15 is 0 Å². The van der Waals surface area contributed by atoms with Crippen LogP contribution in [0.15, 0.2) is 490 Å². The standard InChI is InChI=1S/C53H31NO.C47H27N.C36H22N2/c1-2-15-32(16-3-1)51-46-31-33(29-30-42(46)50-37-20-6-4-17-34(37)35-18-5-11-25-43(35)52(50)54-51)48-38-21-7-9-23-40(38)49(41-24-10-8-22-39(41)48)45-27-14-26-44-36-19-12-13-28-47(36)55-53(44)45;1-2-14-36-28(9-1)23-24-41-44(36)45-39-17-5-3-15-37(39)38-16-4-6-18-40(38)47(45)48-46(41)34-13-8-12-31(25-34)35-26-32-21-19-29-10-7-11-30-20-22-33(27-35)43(32)42(29)30;1-2-10-27-24(8-1)19-20-32-33(27)34-30-13-5-3-11-28(30)29-12-4-6-14-31(29)36(34)38-35(32)25-17-15-23(16-18-25)26-9-7-21-37-22-26/h1-31H;1-27H;1-22H. The van der Waals surface area contributed by atoms with Crippen LogP contribution in [0.1, 0.15) is 0 Å². The first-order chi connectivity index (χ1) is 70.0. The van der Waals surface area contributed by atoms with Crippen LogP contribution in [0.3, 0.4) is 0 Å². The number of furan rings is 1. The Bertz CT molecular complexity index is 10600. The SMILES string of the molecule is c1cc(-c2cc3ccc4cccc5ccc(c2)c3c45)cc(-c2nc3c4ccccc4c4ccccc4c3c3c2ccc2ccccc23)c1.c1ccc(-c2nc3c4ccccc4c4ccccc4c3c3ccc(-c4c5ccccc5c(-c5cccc6c5oc5ccccc56)c5ccccc45)cc23)cc1.c1cncc(-c2ccc(-c3nc4c5ccccc5c5ccccc5c4c4c3ccc3ccccc34)cc2)c1. The lowest BCUT2D eigenvalue weighted by Crippen LogP contribution is -1.94. The lowest BCUT2D eigenvalue weighted by Gasteiger charge is -2.19. The first kappa shape index (κ1) is 79.7. The zero-order valence-corrected chi connectivity index (χ0v) is 76.4. The van der Waals surface area contributed by atoms with E-state index in [0.29, 0.717) is 0 Å². The molecule has 0 bridgehead atoms. The number of nitrogens with zero attached hydrogens (tertiary/aromatic N) is 4. The van der Waals surface area contributed by atoms with E-state index in [1.54, 1.807) is 6.20 Å². The van der Waals surface area contributed by atoms with E-state index in [-0.39, 0.29) is 0 Å². The molecule has 0 N–H and O–H groups in total. The molecule has 650 valence electrons. The van der Waals surface area contributed by atoms with Crippen LogP contribution in [0.2, 0.25) is 0 Å². The van der Waals surface area contributed by atoms with Gasteiger partial charge in [-0.05, 0) is 199 Å². The smallest absolute Gasteiger partial charge is 0.143 e. The van der Waals surface area contributed by atoms with Gasteiger partial charge in [0.25, 0.3) is 0 Å². The predicted octanol–water partition coefficient (Wildman–Crippen LogP) is 37.6. The molecule has 0 aliphatic heterocycles. The Kier molecular flexibility index (Phi) is 18.1. The van der Waals surface area contributed by atoms with Crippen LogP contribution < -0.4 is 0 Å². The van der Waals surface area contributed by atoms with Gasteiger partial charge in [-0.25, -0.2) is 15.0 Å². The van der Waals surface area contributed by atoms with Gasteiger partial charge in [-0.1, -0.05) is 437 Å². The van der Waals surface area contributed by atoms with Gasteiger partial charge in [0, 0.05) is 110 Å². The Hall–Kier alpha value is -18.7. The van der Waals surface area contributed by atoms with Gasteiger partial charge in [0.15, 0.2) is 0 Å². The minimum absolute atomic E-state index is 0.905. The summed E-state index contributed by atoms with van der Waals surface area (Å²) in [5.41, 5.74) is 20.7.